The van der Waals surface area contributed by atoms with E-state index < -0.39 is 0 Å². The van der Waals surface area contributed by atoms with Gasteiger partial charge in [0.2, 0.25) is 5.91 Å². The molecule has 0 fully saturated rings. The molecule has 0 unspecified atom stereocenters. The van der Waals surface area contributed by atoms with Gasteiger partial charge in [-0.1, -0.05) is 24.3 Å². The molecule has 1 amide bonds. The molecule has 0 aliphatic carbocycles. The number of hydrogen-bond acceptors (Lipinski definition) is 4. The van der Waals surface area contributed by atoms with Gasteiger partial charge in [-0.25, -0.2) is 4.39 Å². The molecule has 0 radical (unpaired) electrons. The summed E-state index contributed by atoms with van der Waals surface area (Å²) in [6.07, 6.45) is 0. The van der Waals surface area contributed by atoms with Crippen LogP contribution >= 0.6 is 11.8 Å². The average Bonchev–Trinajstić information content (AvgIpc) is 2.99. The summed E-state index contributed by atoms with van der Waals surface area (Å²) in [5, 5.41) is 9.91. The number of carbonyl (C=O) groups excluding carboxylic acids is 1. The molecule has 2 atom stereocenters. The van der Waals surface area contributed by atoms with Crippen LogP contribution in [0.25, 0.3) is 0 Å². The minimum Gasteiger partial charge on any atom is -0.489 e. The Hall–Kier alpha value is -2.80. The Kier molecular flexibility index (Phi) is 5.09. The summed E-state index contributed by atoms with van der Waals surface area (Å²) in [6, 6.07) is 14.1. The van der Waals surface area contributed by atoms with Crippen LogP contribution in [0.1, 0.15) is 34.6 Å². The largest absolute Gasteiger partial charge is 0.489 e. The maximum atomic E-state index is 13.0. The standard InChI is InChI=1S/C21H20FN3O2S/c1-12-18-19(28-13(2)21(26)23-20(18)25-24-12)15-5-9-17(10-6-15)27-11-14-3-7-16(22)8-4-14/h3-10,13,19H,11H2,1-2H3,(H2,23,24,25,26)/t13-,19-/m1/s1. The Morgan fingerprint density at radius 2 is 1.86 bits per heavy atom. The Bertz CT molecular complexity index is 986. The predicted molar refractivity (Wildman–Crippen MR) is 108 cm³/mol. The number of aryl methyl sites for hydroxylation is 1. The Labute approximate surface area is 166 Å². The number of hydrogen-bond donors (Lipinski definition) is 2. The number of aromatic amines is 1. The van der Waals surface area contributed by atoms with E-state index in [2.05, 4.69) is 15.5 Å². The molecule has 0 spiro atoms. The molecular weight excluding hydrogens is 377 g/mol. The molecule has 4 rings (SSSR count). The maximum Gasteiger partial charge on any atom is 0.238 e. The van der Waals surface area contributed by atoms with Gasteiger partial charge in [-0.3, -0.25) is 9.89 Å². The van der Waals surface area contributed by atoms with Crippen LogP contribution in [0.2, 0.25) is 0 Å². The molecule has 5 nitrogen and oxygen atoms in total. The van der Waals surface area contributed by atoms with Crippen molar-refractivity contribution in [3.05, 3.63) is 76.7 Å². The third-order valence-electron chi connectivity index (χ3n) is 4.71. The SMILES string of the molecule is Cc1[nH]nc2c1[C@@H](c1ccc(OCc3ccc(F)cc3)cc1)S[C@H](C)C(=O)N2. The van der Waals surface area contributed by atoms with E-state index in [-0.39, 0.29) is 22.2 Å². The molecule has 3 aromatic rings. The summed E-state index contributed by atoms with van der Waals surface area (Å²) < 4.78 is 18.8. The second-order valence-corrected chi connectivity index (χ2v) is 8.19. The number of nitrogens with zero attached hydrogens (tertiary/aromatic N) is 1. The van der Waals surface area contributed by atoms with Crippen molar-refractivity contribution in [3.8, 4) is 5.75 Å². The van der Waals surface area contributed by atoms with Crippen molar-refractivity contribution in [1.82, 2.24) is 10.2 Å². The number of rotatable bonds is 4. The number of fused-ring (bicyclic) bond motifs is 1. The fourth-order valence-corrected chi connectivity index (χ4v) is 4.47. The normalized spacial score (nSPS) is 18.9. The van der Waals surface area contributed by atoms with E-state index in [1.165, 1.54) is 12.1 Å². The lowest BCUT2D eigenvalue weighted by Gasteiger charge is -2.18. The first-order valence-electron chi connectivity index (χ1n) is 8.99. The van der Waals surface area contributed by atoms with Gasteiger partial charge in [0.05, 0.1) is 10.5 Å². The number of amides is 1. The molecule has 2 heterocycles. The fourth-order valence-electron chi connectivity index (χ4n) is 3.14. The molecule has 0 saturated heterocycles. The lowest BCUT2D eigenvalue weighted by atomic mass is 10.0. The first kappa shape index (κ1) is 18.6. The minimum atomic E-state index is -0.259. The van der Waals surface area contributed by atoms with Crippen molar-refractivity contribution in [2.24, 2.45) is 0 Å². The highest BCUT2D eigenvalue weighted by atomic mass is 32.2. The maximum absolute atomic E-state index is 13.0. The molecule has 144 valence electrons. The summed E-state index contributed by atoms with van der Waals surface area (Å²) in [5.41, 5.74) is 3.93. The molecule has 1 aromatic heterocycles. The van der Waals surface area contributed by atoms with Gasteiger partial charge in [0, 0.05) is 11.3 Å². The van der Waals surface area contributed by atoms with Crippen molar-refractivity contribution >= 4 is 23.5 Å². The molecule has 28 heavy (non-hydrogen) atoms. The van der Waals surface area contributed by atoms with Crippen molar-refractivity contribution in [2.45, 2.75) is 31.0 Å². The van der Waals surface area contributed by atoms with Crippen LogP contribution in [0.4, 0.5) is 10.2 Å². The van der Waals surface area contributed by atoms with Gasteiger partial charge < -0.3 is 10.1 Å². The van der Waals surface area contributed by atoms with Gasteiger partial charge in [-0.05, 0) is 49.2 Å². The van der Waals surface area contributed by atoms with Crippen LogP contribution in [-0.4, -0.2) is 21.4 Å². The van der Waals surface area contributed by atoms with Crippen molar-refractivity contribution in [1.29, 1.82) is 0 Å². The second kappa shape index (κ2) is 7.67. The van der Waals surface area contributed by atoms with E-state index in [1.807, 2.05) is 38.1 Å². The van der Waals surface area contributed by atoms with Crippen LogP contribution in [0, 0.1) is 12.7 Å². The zero-order valence-corrected chi connectivity index (χ0v) is 16.3. The van der Waals surface area contributed by atoms with Crippen LogP contribution < -0.4 is 10.1 Å². The van der Waals surface area contributed by atoms with Crippen LogP contribution in [0.15, 0.2) is 48.5 Å². The molecule has 0 bridgehead atoms. The Morgan fingerprint density at radius 1 is 1.14 bits per heavy atom. The number of aromatic nitrogens is 2. The number of thioether (sulfide) groups is 1. The number of halogens is 1. The third-order valence-corrected chi connectivity index (χ3v) is 6.11. The fraction of sp³-hybridized carbons (Fsp3) is 0.238. The molecule has 0 saturated carbocycles. The first-order chi connectivity index (χ1) is 13.5. The van der Waals surface area contributed by atoms with Crippen molar-refractivity contribution < 1.29 is 13.9 Å². The molecule has 7 heteroatoms. The van der Waals surface area contributed by atoms with Gasteiger partial charge in [0.15, 0.2) is 5.82 Å². The van der Waals surface area contributed by atoms with Crippen LogP contribution in [0.3, 0.4) is 0 Å². The number of anilines is 1. The third kappa shape index (κ3) is 3.75. The number of carbonyl (C=O) groups is 1. The lowest BCUT2D eigenvalue weighted by molar-refractivity contribution is -0.115. The summed E-state index contributed by atoms with van der Waals surface area (Å²) in [7, 11) is 0. The highest BCUT2D eigenvalue weighted by Gasteiger charge is 2.32. The van der Waals surface area contributed by atoms with Gasteiger partial charge in [-0.15, -0.1) is 11.8 Å². The van der Waals surface area contributed by atoms with Gasteiger partial charge in [-0.2, -0.15) is 5.10 Å². The highest BCUT2D eigenvalue weighted by molar-refractivity contribution is 8.01. The van der Waals surface area contributed by atoms with E-state index in [0.717, 1.165) is 28.1 Å². The summed E-state index contributed by atoms with van der Waals surface area (Å²) in [5.74, 6) is 1.03. The summed E-state index contributed by atoms with van der Waals surface area (Å²) in [4.78, 5) is 12.2. The predicted octanol–water partition coefficient (Wildman–Crippen LogP) is 4.60. The van der Waals surface area contributed by atoms with Crippen molar-refractivity contribution in [3.63, 3.8) is 0 Å². The van der Waals surface area contributed by atoms with Crippen LogP contribution in [0.5, 0.6) is 5.75 Å². The molecule has 1 aliphatic rings. The second-order valence-electron chi connectivity index (χ2n) is 6.74. The molecule has 2 aromatic carbocycles. The zero-order chi connectivity index (χ0) is 19.7. The summed E-state index contributed by atoms with van der Waals surface area (Å²) >= 11 is 1.60. The minimum absolute atomic E-state index is 0.00570. The highest BCUT2D eigenvalue weighted by Crippen LogP contribution is 2.44. The number of ether oxygens (including phenoxy) is 1. The topological polar surface area (TPSA) is 67.0 Å². The van der Waals surface area contributed by atoms with Gasteiger partial charge in [0.1, 0.15) is 18.2 Å². The zero-order valence-electron chi connectivity index (χ0n) is 15.5. The van der Waals surface area contributed by atoms with E-state index in [4.69, 9.17) is 4.74 Å². The van der Waals surface area contributed by atoms with E-state index in [1.54, 1.807) is 23.9 Å². The number of benzene rings is 2. The summed E-state index contributed by atoms with van der Waals surface area (Å²) in [6.45, 7) is 4.23. The van der Waals surface area contributed by atoms with Crippen LogP contribution in [-0.2, 0) is 11.4 Å². The Morgan fingerprint density at radius 3 is 2.57 bits per heavy atom. The van der Waals surface area contributed by atoms with E-state index in [0.29, 0.717) is 12.4 Å². The van der Waals surface area contributed by atoms with Crippen molar-refractivity contribution in [2.75, 3.05) is 5.32 Å². The quantitative estimate of drug-likeness (QED) is 0.675. The van der Waals surface area contributed by atoms with Gasteiger partial charge in [0.25, 0.3) is 0 Å². The first-order valence-corrected chi connectivity index (χ1v) is 9.94. The van der Waals surface area contributed by atoms with E-state index >= 15 is 0 Å². The molecule has 1 aliphatic heterocycles. The molecule has 2 N–H and O–H groups in total. The Balaban J connectivity index is 1.53. The lowest BCUT2D eigenvalue weighted by Crippen LogP contribution is -2.21. The van der Waals surface area contributed by atoms with E-state index in [9.17, 15) is 9.18 Å². The average molecular weight is 397 g/mol. The van der Waals surface area contributed by atoms with Gasteiger partial charge >= 0.3 is 0 Å². The number of H-pyrrole nitrogens is 1. The number of nitrogens with one attached hydrogen (secondary N) is 2. The molecular formula is C21H20FN3O2S. The monoisotopic (exact) mass is 397 g/mol. The smallest absolute Gasteiger partial charge is 0.238 e.